The maximum Gasteiger partial charge on any atom is 0.327 e. The number of nitrogens with zero attached hydrogens (tertiary/aromatic N) is 3. The van der Waals surface area contributed by atoms with Gasteiger partial charge in [-0.15, -0.1) is 0 Å². The van der Waals surface area contributed by atoms with Gasteiger partial charge in [-0.1, -0.05) is 41.1 Å². The lowest BCUT2D eigenvalue weighted by atomic mass is 9.94. The fraction of sp³-hybridized carbons (Fsp3) is 0.179. The number of nitrogens with one attached hydrogen (secondary N) is 1. The molecule has 3 heterocycles. The topological polar surface area (TPSA) is 99.0 Å². The molecule has 186 valence electrons. The summed E-state index contributed by atoms with van der Waals surface area (Å²) in [6, 6.07) is 20.1. The third-order valence-corrected chi connectivity index (χ3v) is 6.49. The normalized spacial score (nSPS) is 16.7. The summed E-state index contributed by atoms with van der Waals surface area (Å²) >= 11 is 0. The van der Waals surface area contributed by atoms with E-state index >= 15 is 0 Å². The molecule has 0 fully saturated rings. The van der Waals surface area contributed by atoms with Crippen LogP contribution in [0.2, 0.25) is 0 Å². The smallest absolute Gasteiger partial charge is 0.327 e. The van der Waals surface area contributed by atoms with Gasteiger partial charge in [0.05, 0.1) is 24.4 Å². The number of aromatic nitrogens is 2. The number of carbonyl (C=O) groups is 1. The summed E-state index contributed by atoms with van der Waals surface area (Å²) in [5, 5.41) is 7.36. The third-order valence-electron chi connectivity index (χ3n) is 6.49. The number of benzene rings is 3. The Morgan fingerprint density at radius 2 is 1.81 bits per heavy atom. The van der Waals surface area contributed by atoms with Gasteiger partial charge in [-0.25, -0.2) is 4.79 Å². The van der Waals surface area contributed by atoms with Crippen LogP contribution in [-0.4, -0.2) is 30.1 Å². The highest BCUT2D eigenvalue weighted by Crippen LogP contribution is 2.40. The lowest BCUT2D eigenvalue weighted by Gasteiger charge is -2.35. The Hall–Kier alpha value is -4.79. The second-order valence-corrected chi connectivity index (χ2v) is 8.82. The number of urea groups is 1. The number of carbonyl (C=O) groups excluding carboxylic acids is 1. The number of amides is 2. The molecule has 9 heteroatoms. The van der Waals surface area contributed by atoms with Gasteiger partial charge in [0.15, 0.2) is 11.5 Å². The zero-order valence-corrected chi connectivity index (χ0v) is 20.5. The quantitative estimate of drug-likeness (QED) is 0.390. The lowest BCUT2D eigenvalue weighted by molar-refractivity contribution is 0.174. The van der Waals surface area contributed by atoms with Gasteiger partial charge in [0.25, 0.3) is 5.89 Å². The van der Waals surface area contributed by atoms with Gasteiger partial charge in [0.1, 0.15) is 5.75 Å². The average molecular weight is 497 g/mol. The summed E-state index contributed by atoms with van der Waals surface area (Å²) in [6.45, 7) is 4.07. The van der Waals surface area contributed by atoms with Gasteiger partial charge >= 0.3 is 6.03 Å². The van der Waals surface area contributed by atoms with Crippen LogP contribution in [0.1, 0.15) is 30.0 Å². The molecule has 1 unspecified atom stereocenters. The molecule has 2 aliphatic heterocycles. The second-order valence-electron chi connectivity index (χ2n) is 8.82. The molecule has 1 atom stereocenters. The molecular formula is C28H24N4O5. The highest BCUT2D eigenvalue weighted by atomic mass is 16.7. The molecule has 1 aromatic heterocycles. The number of rotatable bonds is 5. The number of fused-ring (bicyclic) bond motifs is 1. The number of methoxy groups -OCH3 is 1. The van der Waals surface area contributed by atoms with Crippen LogP contribution in [0, 0.1) is 6.92 Å². The lowest BCUT2D eigenvalue weighted by Crippen LogP contribution is -2.46. The van der Waals surface area contributed by atoms with E-state index in [1.165, 1.54) is 0 Å². The van der Waals surface area contributed by atoms with E-state index in [-0.39, 0.29) is 12.8 Å². The Kier molecular flexibility index (Phi) is 5.52. The predicted molar refractivity (Wildman–Crippen MR) is 136 cm³/mol. The zero-order chi connectivity index (χ0) is 25.5. The number of allylic oxidation sites excluding steroid dienone is 1. The Balaban J connectivity index is 1.47. The molecule has 2 aliphatic rings. The van der Waals surface area contributed by atoms with Crippen molar-refractivity contribution < 1.29 is 23.5 Å². The molecule has 9 nitrogen and oxygen atoms in total. The van der Waals surface area contributed by atoms with Crippen LogP contribution in [0.15, 0.2) is 77.0 Å². The molecule has 6 rings (SSSR count). The third kappa shape index (κ3) is 4.04. The second kappa shape index (κ2) is 9.02. The fourth-order valence-corrected chi connectivity index (χ4v) is 4.58. The van der Waals surface area contributed by atoms with E-state index in [1.807, 2.05) is 74.5 Å². The average Bonchev–Trinajstić information content (AvgIpc) is 3.58. The maximum absolute atomic E-state index is 13.4. The first kappa shape index (κ1) is 22.7. The van der Waals surface area contributed by atoms with Crippen LogP contribution in [0.5, 0.6) is 17.2 Å². The van der Waals surface area contributed by atoms with E-state index in [9.17, 15) is 4.79 Å². The monoisotopic (exact) mass is 496 g/mol. The van der Waals surface area contributed by atoms with E-state index in [1.54, 1.807) is 18.1 Å². The first-order valence-corrected chi connectivity index (χ1v) is 11.8. The number of hydrogen-bond donors (Lipinski definition) is 1. The predicted octanol–water partition coefficient (Wildman–Crippen LogP) is 5.48. The Morgan fingerprint density at radius 1 is 1.00 bits per heavy atom. The van der Waals surface area contributed by atoms with Gasteiger partial charge < -0.3 is 24.1 Å². The molecule has 0 radical (unpaired) electrons. The largest absolute Gasteiger partial charge is 0.497 e. The molecule has 0 saturated carbocycles. The van der Waals surface area contributed by atoms with Gasteiger partial charge in [0.2, 0.25) is 12.6 Å². The first-order chi connectivity index (χ1) is 18.0. The summed E-state index contributed by atoms with van der Waals surface area (Å²) in [5.41, 5.74) is 4.78. The first-order valence-electron chi connectivity index (χ1n) is 11.8. The highest BCUT2D eigenvalue weighted by Gasteiger charge is 2.36. The number of aryl methyl sites for hydroxylation is 1. The minimum atomic E-state index is -0.486. The summed E-state index contributed by atoms with van der Waals surface area (Å²) in [7, 11) is 1.59. The van der Waals surface area contributed by atoms with Crippen molar-refractivity contribution in [2.24, 2.45) is 0 Å². The summed E-state index contributed by atoms with van der Waals surface area (Å²) in [5.74, 6) is 2.66. The molecule has 1 N–H and O–H groups in total. The van der Waals surface area contributed by atoms with Crippen LogP contribution in [0.4, 0.5) is 10.5 Å². The molecule has 4 aromatic rings. The Labute approximate surface area is 213 Å². The Bertz CT molecular complexity index is 1530. The molecular weight excluding hydrogens is 472 g/mol. The van der Waals surface area contributed by atoms with Crippen molar-refractivity contribution in [2.45, 2.75) is 19.9 Å². The molecule has 0 bridgehead atoms. The number of anilines is 1. The van der Waals surface area contributed by atoms with E-state index in [2.05, 4.69) is 10.5 Å². The van der Waals surface area contributed by atoms with Crippen molar-refractivity contribution in [2.75, 3.05) is 18.8 Å². The van der Waals surface area contributed by atoms with Gasteiger partial charge in [0, 0.05) is 17.3 Å². The zero-order valence-electron chi connectivity index (χ0n) is 20.5. The van der Waals surface area contributed by atoms with Crippen molar-refractivity contribution in [3.63, 3.8) is 0 Å². The maximum atomic E-state index is 13.4. The summed E-state index contributed by atoms with van der Waals surface area (Å²) < 4.78 is 22.1. The van der Waals surface area contributed by atoms with Crippen molar-refractivity contribution in [1.29, 1.82) is 0 Å². The molecule has 2 amide bonds. The number of ether oxygens (including phenoxy) is 3. The molecule has 3 aromatic carbocycles. The van der Waals surface area contributed by atoms with Crippen molar-refractivity contribution in [1.82, 2.24) is 15.5 Å². The van der Waals surface area contributed by atoms with Gasteiger partial charge in [-0.05, 0) is 49.7 Å². The van der Waals surface area contributed by atoms with Crippen LogP contribution in [-0.2, 0) is 0 Å². The van der Waals surface area contributed by atoms with Gasteiger partial charge in [-0.3, -0.25) is 4.90 Å². The van der Waals surface area contributed by atoms with E-state index in [0.29, 0.717) is 45.9 Å². The van der Waals surface area contributed by atoms with Crippen molar-refractivity contribution in [3.05, 3.63) is 89.4 Å². The summed E-state index contributed by atoms with van der Waals surface area (Å²) in [6.07, 6.45) is 0. The molecule has 0 spiro atoms. The van der Waals surface area contributed by atoms with Crippen LogP contribution in [0.3, 0.4) is 0 Å². The van der Waals surface area contributed by atoms with Crippen molar-refractivity contribution >= 4 is 17.3 Å². The van der Waals surface area contributed by atoms with Crippen molar-refractivity contribution in [3.8, 4) is 28.6 Å². The Morgan fingerprint density at radius 3 is 2.62 bits per heavy atom. The SMILES string of the molecule is COc1cccc(N2C(=O)NC(c3ccc(C)cc3)C(c3nc(-c4ccc5c(c4)OCO5)no3)=C2C)c1. The summed E-state index contributed by atoms with van der Waals surface area (Å²) in [4.78, 5) is 19.7. The fourth-order valence-electron chi connectivity index (χ4n) is 4.58. The molecule has 37 heavy (non-hydrogen) atoms. The minimum Gasteiger partial charge on any atom is -0.497 e. The number of hydrogen-bond acceptors (Lipinski definition) is 7. The van der Waals surface area contributed by atoms with Crippen LogP contribution < -0.4 is 24.4 Å². The van der Waals surface area contributed by atoms with E-state index in [0.717, 1.165) is 16.7 Å². The van der Waals surface area contributed by atoms with E-state index in [4.69, 9.17) is 23.7 Å². The minimum absolute atomic E-state index is 0.181. The standard InChI is InChI=1S/C28H24N4O5/c1-16-7-9-18(10-8-16)25-24(17(2)32(28(33)29-25)20-5-4-6-21(14-20)34-3)27-30-26(31-37-27)19-11-12-22-23(13-19)36-15-35-22/h4-14,25H,15H2,1-3H3,(H,29,33). The van der Waals surface area contributed by atoms with Gasteiger partial charge in [-0.2, -0.15) is 4.98 Å². The van der Waals surface area contributed by atoms with Crippen LogP contribution in [0.25, 0.3) is 17.0 Å². The molecule has 0 aliphatic carbocycles. The van der Waals surface area contributed by atoms with Crippen LogP contribution >= 0.6 is 0 Å². The van der Waals surface area contributed by atoms with E-state index < -0.39 is 6.04 Å². The molecule has 0 saturated heterocycles. The highest BCUT2D eigenvalue weighted by molar-refractivity contribution is 6.01.